The number of carbonyl (C=O) groups excluding carboxylic acids is 1. The third-order valence-electron chi connectivity index (χ3n) is 7.10. The van der Waals surface area contributed by atoms with Crippen LogP contribution < -0.4 is 21.7 Å². The number of aliphatic hydroxyl groups excluding tert-OH is 2. The average Bonchev–Trinajstić information content (AvgIpc) is 2.80. The zero-order valence-electron chi connectivity index (χ0n) is 19.6. The molecular weight excluding hydrogens is 444 g/mol. The molecule has 0 aromatic heterocycles. The Kier molecular flexibility index (Phi) is 7.58. The lowest BCUT2D eigenvalue weighted by Crippen LogP contribution is -2.79. The van der Waals surface area contributed by atoms with Crippen molar-refractivity contribution in [1.29, 1.82) is 0 Å². The van der Waals surface area contributed by atoms with Crippen molar-refractivity contribution in [2.24, 2.45) is 5.73 Å². The van der Waals surface area contributed by atoms with Crippen LogP contribution >= 0.6 is 0 Å². The lowest BCUT2D eigenvalue weighted by atomic mass is 9.79. The molecule has 1 amide bonds. The van der Waals surface area contributed by atoms with E-state index in [1.54, 1.807) is 21.0 Å². The minimum atomic E-state index is -2.04. The molecule has 0 spiro atoms. The molecule has 3 fully saturated rings. The highest BCUT2D eigenvalue weighted by Crippen LogP contribution is 2.41. The van der Waals surface area contributed by atoms with E-state index in [0.717, 1.165) is 5.56 Å². The van der Waals surface area contributed by atoms with Crippen molar-refractivity contribution in [3.63, 3.8) is 0 Å². The van der Waals surface area contributed by atoms with Crippen LogP contribution in [0.4, 0.5) is 0 Å². The van der Waals surface area contributed by atoms with Gasteiger partial charge in [0.1, 0.15) is 18.3 Å². The van der Waals surface area contributed by atoms with E-state index in [1.807, 2.05) is 30.3 Å². The second-order valence-electron chi connectivity index (χ2n) is 9.42. The van der Waals surface area contributed by atoms with Crippen LogP contribution in [0.1, 0.15) is 18.9 Å². The Hall–Kier alpha value is -1.67. The number of rotatable bonds is 6. The maximum absolute atomic E-state index is 12.9. The van der Waals surface area contributed by atoms with E-state index in [9.17, 15) is 20.1 Å². The summed E-state index contributed by atoms with van der Waals surface area (Å²) in [6.45, 7) is 1.80. The van der Waals surface area contributed by atoms with Crippen LogP contribution in [-0.4, -0.2) is 102 Å². The molecule has 1 aromatic carbocycles. The quantitative estimate of drug-likeness (QED) is 0.232. The molecule has 2 saturated heterocycles. The lowest BCUT2D eigenvalue weighted by Gasteiger charge is -2.58. The lowest BCUT2D eigenvalue weighted by molar-refractivity contribution is -0.449. The number of nitrogens with two attached hydrogens (primary N) is 1. The summed E-state index contributed by atoms with van der Waals surface area (Å²) in [5.74, 6) is -2.48. The molecule has 3 unspecified atom stereocenters. The van der Waals surface area contributed by atoms with Gasteiger partial charge in [-0.05, 0) is 39.4 Å². The van der Waals surface area contributed by atoms with E-state index >= 15 is 0 Å². The van der Waals surface area contributed by atoms with Gasteiger partial charge in [0.15, 0.2) is 0 Å². The van der Waals surface area contributed by atoms with Gasteiger partial charge in [-0.3, -0.25) is 4.79 Å². The minimum Gasteiger partial charge on any atom is -0.390 e. The van der Waals surface area contributed by atoms with Gasteiger partial charge in [-0.15, -0.1) is 0 Å². The van der Waals surface area contributed by atoms with Gasteiger partial charge in [0.2, 0.25) is 18.0 Å². The van der Waals surface area contributed by atoms with Gasteiger partial charge in [0.05, 0.1) is 36.4 Å². The molecule has 3 aliphatic rings. The van der Waals surface area contributed by atoms with E-state index in [0.29, 0.717) is 6.42 Å². The number of amides is 1. The molecule has 34 heavy (non-hydrogen) atoms. The van der Waals surface area contributed by atoms with Crippen LogP contribution in [0.3, 0.4) is 0 Å². The SMILES string of the molecule is CN[C@@H]1[C@H](O)[C@H](NC)C2O[C@]3(O)C(OC2[C@H]1O)O[C@H](C)C[C@H]3NC(=O)[C@@H](N)Cc1ccccc1. The molecule has 4 rings (SSSR count). The fourth-order valence-electron chi connectivity index (χ4n) is 5.26. The fourth-order valence-corrected chi connectivity index (χ4v) is 5.26. The molecular formula is C23H36N4O7. The second-order valence-corrected chi connectivity index (χ2v) is 9.42. The van der Waals surface area contributed by atoms with Gasteiger partial charge in [0, 0.05) is 0 Å². The number of ether oxygens (including phenoxy) is 3. The summed E-state index contributed by atoms with van der Waals surface area (Å²) in [6.07, 6.45) is -4.97. The van der Waals surface area contributed by atoms with E-state index in [-0.39, 0.29) is 12.5 Å². The number of fused-ring (bicyclic) bond motifs is 2. The Labute approximate surface area is 198 Å². The molecule has 8 N–H and O–H groups in total. The molecule has 11 nitrogen and oxygen atoms in total. The molecule has 1 aliphatic carbocycles. The van der Waals surface area contributed by atoms with E-state index in [4.69, 9.17) is 19.9 Å². The third kappa shape index (κ3) is 4.60. The van der Waals surface area contributed by atoms with Crippen LogP contribution in [-0.2, 0) is 25.4 Å². The smallest absolute Gasteiger partial charge is 0.239 e. The van der Waals surface area contributed by atoms with E-state index < -0.39 is 66.6 Å². The molecule has 2 aliphatic heterocycles. The summed E-state index contributed by atoms with van der Waals surface area (Å²) in [7, 11) is 3.28. The van der Waals surface area contributed by atoms with Crippen molar-refractivity contribution in [2.45, 2.75) is 86.5 Å². The number of nitrogens with one attached hydrogen (secondary N) is 3. The summed E-state index contributed by atoms with van der Waals surface area (Å²) in [6, 6.07) is 6.36. The van der Waals surface area contributed by atoms with Crippen LogP contribution in [0.2, 0.25) is 0 Å². The number of aliphatic hydroxyl groups is 3. The van der Waals surface area contributed by atoms with Crippen molar-refractivity contribution in [3.8, 4) is 0 Å². The molecule has 11 heteroatoms. The van der Waals surface area contributed by atoms with Crippen LogP contribution in [0, 0.1) is 0 Å². The predicted octanol–water partition coefficient (Wildman–Crippen LogP) is -2.44. The zero-order chi connectivity index (χ0) is 24.6. The van der Waals surface area contributed by atoms with Crippen LogP contribution in [0.15, 0.2) is 30.3 Å². The first kappa shape index (κ1) is 25.4. The number of carbonyl (C=O) groups is 1. The maximum Gasteiger partial charge on any atom is 0.239 e. The normalized spacial score (nSPS) is 42.9. The molecule has 0 radical (unpaired) electrons. The Bertz CT molecular complexity index is 848. The Morgan fingerprint density at radius 2 is 1.79 bits per heavy atom. The zero-order valence-corrected chi connectivity index (χ0v) is 19.6. The van der Waals surface area contributed by atoms with E-state index in [2.05, 4.69) is 16.0 Å². The number of benzene rings is 1. The molecule has 190 valence electrons. The topological polar surface area (TPSA) is 168 Å². The van der Waals surface area contributed by atoms with Crippen molar-refractivity contribution >= 4 is 5.91 Å². The number of hydrogen-bond acceptors (Lipinski definition) is 10. The summed E-state index contributed by atoms with van der Waals surface area (Å²) < 4.78 is 18.0. The van der Waals surface area contributed by atoms with Crippen molar-refractivity contribution in [3.05, 3.63) is 35.9 Å². The highest BCUT2D eigenvalue weighted by atomic mass is 16.8. The second kappa shape index (κ2) is 10.1. The summed E-state index contributed by atoms with van der Waals surface area (Å²) in [4.78, 5) is 12.9. The Morgan fingerprint density at radius 3 is 2.44 bits per heavy atom. The summed E-state index contributed by atoms with van der Waals surface area (Å²) >= 11 is 0. The summed E-state index contributed by atoms with van der Waals surface area (Å²) in [5.41, 5.74) is 7.07. The highest BCUT2D eigenvalue weighted by Gasteiger charge is 2.63. The first-order valence-corrected chi connectivity index (χ1v) is 11.7. The summed E-state index contributed by atoms with van der Waals surface area (Å²) in [5, 5.41) is 41.9. The minimum absolute atomic E-state index is 0.256. The highest BCUT2D eigenvalue weighted by molar-refractivity contribution is 5.82. The Morgan fingerprint density at radius 1 is 1.12 bits per heavy atom. The first-order chi connectivity index (χ1) is 16.2. The van der Waals surface area contributed by atoms with Gasteiger partial charge in [0.25, 0.3) is 0 Å². The van der Waals surface area contributed by atoms with Gasteiger partial charge in [-0.1, -0.05) is 30.3 Å². The van der Waals surface area contributed by atoms with Crippen molar-refractivity contribution < 1.29 is 34.3 Å². The number of hydrogen-bond donors (Lipinski definition) is 7. The maximum atomic E-state index is 12.9. The molecule has 0 bridgehead atoms. The van der Waals surface area contributed by atoms with Crippen molar-refractivity contribution in [1.82, 2.24) is 16.0 Å². The standard InChI is InChI=1S/C23H36N4O7/c1-11-9-14(27-21(30)13(24)10-12-7-5-4-6-8-12)23(31)22(32-11)33-20-18(29)15(25-2)17(28)16(26-3)19(20)34-23/h4-8,11,13-20,22,25-26,28-29,31H,9-10,24H2,1-3H3,(H,27,30)/t11-,13+,14-,15-,16+,17+,18+,19?,20?,22?,23+/m1/s1. The first-order valence-electron chi connectivity index (χ1n) is 11.7. The fraction of sp³-hybridized carbons (Fsp3) is 0.696. The molecule has 1 saturated carbocycles. The van der Waals surface area contributed by atoms with Crippen LogP contribution in [0.5, 0.6) is 0 Å². The molecule has 2 heterocycles. The number of likely N-dealkylation sites (N-methyl/N-ethyl adjacent to an activating group) is 2. The van der Waals surface area contributed by atoms with Gasteiger partial charge < -0.3 is 51.2 Å². The molecule has 11 atom stereocenters. The van der Waals surface area contributed by atoms with E-state index in [1.165, 1.54) is 0 Å². The largest absolute Gasteiger partial charge is 0.390 e. The van der Waals surface area contributed by atoms with Crippen LogP contribution in [0.25, 0.3) is 0 Å². The van der Waals surface area contributed by atoms with Gasteiger partial charge >= 0.3 is 0 Å². The Balaban J connectivity index is 1.53. The predicted molar refractivity (Wildman–Crippen MR) is 121 cm³/mol. The van der Waals surface area contributed by atoms with Gasteiger partial charge in [-0.2, -0.15) is 0 Å². The third-order valence-corrected chi connectivity index (χ3v) is 7.10. The molecule has 1 aromatic rings. The average molecular weight is 481 g/mol. The monoisotopic (exact) mass is 480 g/mol. The van der Waals surface area contributed by atoms with Gasteiger partial charge in [-0.25, -0.2) is 0 Å². The van der Waals surface area contributed by atoms with Crippen molar-refractivity contribution in [2.75, 3.05) is 14.1 Å².